The molecule has 1 N–H and O–H groups in total. The highest BCUT2D eigenvalue weighted by Crippen LogP contribution is 2.30. The van der Waals surface area contributed by atoms with Crippen LogP contribution in [0.3, 0.4) is 0 Å². The molecule has 4 nitrogen and oxygen atoms in total. The fourth-order valence-corrected chi connectivity index (χ4v) is 3.33. The van der Waals surface area contributed by atoms with Crippen molar-refractivity contribution in [2.45, 2.75) is 52.6 Å². The quantitative estimate of drug-likeness (QED) is 0.926. The number of halogens is 1. The van der Waals surface area contributed by atoms with E-state index in [4.69, 9.17) is 0 Å². The van der Waals surface area contributed by atoms with Crippen molar-refractivity contribution in [2.75, 3.05) is 0 Å². The largest absolute Gasteiger partial charge is 0.348 e. The Morgan fingerprint density at radius 1 is 1.53 bits per heavy atom. The maximum Gasteiger partial charge on any atom is 0.270 e. The first-order chi connectivity index (χ1) is 9.04. The van der Waals surface area contributed by atoms with Gasteiger partial charge < -0.3 is 5.32 Å². The average molecular weight is 328 g/mol. The van der Waals surface area contributed by atoms with Gasteiger partial charge in [-0.1, -0.05) is 26.7 Å². The molecule has 0 bridgehead atoms. The van der Waals surface area contributed by atoms with Crippen LogP contribution in [0.1, 0.15) is 50.5 Å². The third-order valence-electron chi connectivity index (χ3n) is 4.33. The van der Waals surface area contributed by atoms with Gasteiger partial charge in [0.25, 0.3) is 5.91 Å². The molecule has 19 heavy (non-hydrogen) atoms. The van der Waals surface area contributed by atoms with Gasteiger partial charge in [0.2, 0.25) is 0 Å². The second kappa shape index (κ2) is 6.07. The second-order valence-electron chi connectivity index (χ2n) is 5.50. The summed E-state index contributed by atoms with van der Waals surface area (Å²) in [5.74, 6) is 1.20. The normalized spacial score (nSPS) is 27.3. The Bertz CT molecular complexity index is 458. The Labute approximate surface area is 123 Å². The molecule has 0 aromatic carbocycles. The maximum absolute atomic E-state index is 12.4. The summed E-state index contributed by atoms with van der Waals surface area (Å²) in [6.45, 7) is 7.20. The lowest BCUT2D eigenvalue weighted by atomic mass is 9.78. The first kappa shape index (κ1) is 14.6. The first-order valence-corrected chi connectivity index (χ1v) is 7.86. The van der Waals surface area contributed by atoms with E-state index in [0.717, 1.165) is 10.9 Å². The van der Waals surface area contributed by atoms with Crippen molar-refractivity contribution in [3.63, 3.8) is 0 Å². The van der Waals surface area contributed by atoms with Crippen LogP contribution in [-0.2, 0) is 6.54 Å². The zero-order valence-electron chi connectivity index (χ0n) is 11.8. The number of nitrogens with one attached hydrogen (secondary N) is 1. The third-order valence-corrected chi connectivity index (χ3v) is 4.91. The Kier molecular flexibility index (Phi) is 4.66. The van der Waals surface area contributed by atoms with Crippen LogP contribution in [0.25, 0.3) is 0 Å². The number of rotatable bonds is 3. The van der Waals surface area contributed by atoms with Crippen LogP contribution in [0.2, 0.25) is 0 Å². The van der Waals surface area contributed by atoms with E-state index in [0.29, 0.717) is 24.1 Å². The van der Waals surface area contributed by atoms with Crippen molar-refractivity contribution in [3.8, 4) is 0 Å². The van der Waals surface area contributed by atoms with Crippen molar-refractivity contribution >= 4 is 21.8 Å². The van der Waals surface area contributed by atoms with Gasteiger partial charge in [0, 0.05) is 12.6 Å². The van der Waals surface area contributed by atoms with Gasteiger partial charge in [-0.25, -0.2) is 0 Å². The molecule has 2 rings (SSSR count). The Morgan fingerprint density at radius 2 is 2.26 bits per heavy atom. The van der Waals surface area contributed by atoms with Gasteiger partial charge in [-0.05, 0) is 41.1 Å². The molecule has 1 saturated carbocycles. The molecule has 0 aliphatic heterocycles. The maximum atomic E-state index is 12.4. The Balaban J connectivity index is 2.10. The highest BCUT2D eigenvalue weighted by atomic mass is 79.9. The zero-order chi connectivity index (χ0) is 14.0. The number of nitrogens with zero attached hydrogens (tertiary/aromatic N) is 2. The topological polar surface area (TPSA) is 46.9 Å². The number of hydrogen-bond donors (Lipinski definition) is 1. The lowest BCUT2D eigenvalue weighted by molar-refractivity contribution is 0.0879. The number of aromatic nitrogens is 2. The SMILES string of the molecule is CCn1ncc(Br)c1C(=O)N[C@H]1CCC[C@H](C)[C@@H]1C. The van der Waals surface area contributed by atoms with E-state index in [1.165, 1.54) is 12.8 Å². The lowest BCUT2D eigenvalue weighted by Gasteiger charge is -2.34. The lowest BCUT2D eigenvalue weighted by Crippen LogP contribution is -2.44. The predicted octanol–water partition coefficient (Wildman–Crippen LogP) is 3.22. The highest BCUT2D eigenvalue weighted by molar-refractivity contribution is 9.10. The molecule has 0 spiro atoms. The van der Waals surface area contributed by atoms with E-state index in [1.807, 2.05) is 6.92 Å². The summed E-state index contributed by atoms with van der Waals surface area (Å²) in [6, 6.07) is 0.281. The van der Waals surface area contributed by atoms with Crippen molar-refractivity contribution in [1.82, 2.24) is 15.1 Å². The van der Waals surface area contributed by atoms with Gasteiger partial charge in [-0.3, -0.25) is 9.48 Å². The molecular formula is C14H22BrN3O. The van der Waals surface area contributed by atoms with E-state index in [2.05, 4.69) is 40.2 Å². The minimum absolute atomic E-state index is 0.0165. The molecule has 0 unspecified atom stereocenters. The smallest absolute Gasteiger partial charge is 0.270 e. The predicted molar refractivity (Wildman–Crippen MR) is 79.0 cm³/mol. The zero-order valence-corrected chi connectivity index (χ0v) is 13.4. The van der Waals surface area contributed by atoms with Gasteiger partial charge in [-0.2, -0.15) is 5.10 Å². The standard InChI is InChI=1S/C14H22BrN3O/c1-4-18-13(11(15)8-16-18)14(19)17-12-7-5-6-9(2)10(12)3/h8-10,12H,4-7H2,1-3H3,(H,17,19)/t9-,10-,12-/m0/s1. The molecule has 1 aromatic heterocycles. The van der Waals surface area contributed by atoms with Crippen LogP contribution in [0.15, 0.2) is 10.7 Å². The molecule has 1 aliphatic rings. The van der Waals surface area contributed by atoms with E-state index >= 15 is 0 Å². The Morgan fingerprint density at radius 3 is 2.95 bits per heavy atom. The number of carbonyl (C=O) groups excluding carboxylic acids is 1. The molecule has 1 fully saturated rings. The third kappa shape index (κ3) is 3.02. The van der Waals surface area contributed by atoms with Gasteiger partial charge in [0.05, 0.1) is 10.7 Å². The van der Waals surface area contributed by atoms with E-state index in [-0.39, 0.29) is 11.9 Å². The molecule has 1 heterocycles. The molecular weight excluding hydrogens is 306 g/mol. The van der Waals surface area contributed by atoms with Crippen LogP contribution in [0, 0.1) is 11.8 Å². The van der Waals surface area contributed by atoms with Gasteiger partial charge >= 0.3 is 0 Å². The van der Waals surface area contributed by atoms with Crippen molar-refractivity contribution in [3.05, 3.63) is 16.4 Å². The summed E-state index contributed by atoms with van der Waals surface area (Å²) >= 11 is 3.41. The fraction of sp³-hybridized carbons (Fsp3) is 0.714. The van der Waals surface area contributed by atoms with Crippen LogP contribution < -0.4 is 5.32 Å². The van der Waals surface area contributed by atoms with Gasteiger partial charge in [0.15, 0.2) is 0 Å². The molecule has 3 atom stereocenters. The molecule has 0 saturated heterocycles. The minimum Gasteiger partial charge on any atom is -0.348 e. The molecule has 1 amide bonds. The summed E-state index contributed by atoms with van der Waals surface area (Å²) in [4.78, 5) is 12.4. The van der Waals surface area contributed by atoms with Crippen molar-refractivity contribution in [2.24, 2.45) is 11.8 Å². The van der Waals surface area contributed by atoms with Crippen LogP contribution in [0.5, 0.6) is 0 Å². The van der Waals surface area contributed by atoms with Crippen molar-refractivity contribution < 1.29 is 4.79 Å². The van der Waals surface area contributed by atoms with Crippen LogP contribution in [0.4, 0.5) is 0 Å². The summed E-state index contributed by atoms with van der Waals surface area (Å²) in [7, 11) is 0. The molecule has 0 radical (unpaired) electrons. The first-order valence-electron chi connectivity index (χ1n) is 7.06. The molecule has 1 aromatic rings. The summed E-state index contributed by atoms with van der Waals surface area (Å²) in [5, 5.41) is 7.38. The molecule has 106 valence electrons. The summed E-state index contributed by atoms with van der Waals surface area (Å²) in [5.41, 5.74) is 0.632. The Hall–Kier alpha value is -0.840. The summed E-state index contributed by atoms with van der Waals surface area (Å²) in [6.07, 6.45) is 5.23. The van der Waals surface area contributed by atoms with E-state index in [1.54, 1.807) is 10.9 Å². The van der Waals surface area contributed by atoms with Gasteiger partial charge in [-0.15, -0.1) is 0 Å². The van der Waals surface area contributed by atoms with E-state index < -0.39 is 0 Å². The number of amides is 1. The number of aryl methyl sites for hydroxylation is 1. The minimum atomic E-state index is -0.0165. The number of hydrogen-bond acceptors (Lipinski definition) is 2. The molecule has 1 aliphatic carbocycles. The van der Waals surface area contributed by atoms with Gasteiger partial charge in [0.1, 0.15) is 5.69 Å². The van der Waals surface area contributed by atoms with E-state index in [9.17, 15) is 4.79 Å². The summed E-state index contributed by atoms with van der Waals surface area (Å²) < 4.78 is 2.50. The average Bonchev–Trinajstić information content (AvgIpc) is 2.76. The monoisotopic (exact) mass is 327 g/mol. The van der Waals surface area contributed by atoms with Crippen LogP contribution >= 0.6 is 15.9 Å². The highest BCUT2D eigenvalue weighted by Gasteiger charge is 2.29. The second-order valence-corrected chi connectivity index (χ2v) is 6.36. The molecule has 5 heteroatoms. The number of carbonyl (C=O) groups is 1. The fourth-order valence-electron chi connectivity index (χ4n) is 2.85. The van der Waals surface area contributed by atoms with Crippen molar-refractivity contribution in [1.29, 1.82) is 0 Å². The van der Waals surface area contributed by atoms with Crippen LogP contribution in [-0.4, -0.2) is 21.7 Å².